The van der Waals surface area contributed by atoms with Gasteiger partial charge in [0.05, 0.1) is 16.8 Å². The number of carbonyl (C=O) groups is 1. The normalized spacial score (nSPS) is 12.6. The highest BCUT2D eigenvalue weighted by Gasteiger charge is 2.31. The van der Waals surface area contributed by atoms with E-state index in [1.54, 1.807) is 0 Å². The van der Waals surface area contributed by atoms with Crippen molar-refractivity contribution >= 4 is 23.2 Å². The minimum Gasteiger partial charge on any atom is -0.377 e. The molecule has 0 amide bonds. The van der Waals surface area contributed by atoms with Crippen LogP contribution < -0.4 is 0 Å². The molecule has 7 heteroatoms. The molecule has 0 bridgehead atoms. The third-order valence-electron chi connectivity index (χ3n) is 2.81. The average Bonchev–Trinajstić information content (AvgIpc) is 2.43. The molecule has 0 N–H and O–H groups in total. The lowest BCUT2D eigenvalue weighted by atomic mass is 9.99. The van der Waals surface area contributed by atoms with Crippen LogP contribution in [0.1, 0.15) is 30.0 Å². The summed E-state index contributed by atoms with van der Waals surface area (Å²) in [5.74, 6) is -0.144. The molecule has 0 aliphatic rings. The summed E-state index contributed by atoms with van der Waals surface area (Å²) in [7, 11) is 1.40. The predicted molar refractivity (Wildman–Crippen MR) is 75.3 cm³/mol. The predicted octanol–water partition coefficient (Wildman–Crippen LogP) is 3.85. The monoisotopic (exact) mass is 317 g/mol. The Kier molecular flexibility index (Phi) is 6.68. The van der Waals surface area contributed by atoms with Gasteiger partial charge >= 0.3 is 6.18 Å². The van der Waals surface area contributed by atoms with Gasteiger partial charge in [0.2, 0.25) is 0 Å². The topological polar surface area (TPSA) is 38.7 Å². The smallest absolute Gasteiger partial charge is 0.377 e. The van der Waals surface area contributed by atoms with Crippen molar-refractivity contribution in [2.45, 2.75) is 25.1 Å². The first-order chi connectivity index (χ1) is 9.88. The zero-order valence-electron chi connectivity index (χ0n) is 11.3. The molecule has 3 nitrogen and oxygen atoms in total. The van der Waals surface area contributed by atoms with Gasteiger partial charge in [0.25, 0.3) is 0 Å². The van der Waals surface area contributed by atoms with Gasteiger partial charge in [0.1, 0.15) is 6.61 Å². The number of carbonyl (C=O) groups excluding carboxylic acids is 1. The number of thiocarbonyl (C=S) groups is 1. The van der Waals surface area contributed by atoms with Gasteiger partial charge < -0.3 is 4.74 Å². The summed E-state index contributed by atoms with van der Waals surface area (Å²) in [5, 5.41) is 2.16. The number of rotatable bonds is 7. The lowest BCUT2D eigenvalue weighted by molar-refractivity contribution is -0.137. The van der Waals surface area contributed by atoms with E-state index in [0.717, 1.165) is 12.1 Å². The molecule has 0 radical (unpaired) electrons. The molecule has 0 saturated carbocycles. The number of isothiocyanates is 1. The summed E-state index contributed by atoms with van der Waals surface area (Å²) in [6.45, 7) is -0.0311. The van der Waals surface area contributed by atoms with Crippen molar-refractivity contribution in [3.8, 4) is 0 Å². The highest BCUT2D eigenvalue weighted by Crippen LogP contribution is 2.32. The Labute approximate surface area is 125 Å². The van der Waals surface area contributed by atoms with Gasteiger partial charge in [-0.15, -0.1) is 0 Å². The molecule has 0 aliphatic heterocycles. The molecule has 1 atom stereocenters. The van der Waals surface area contributed by atoms with Gasteiger partial charge in [-0.1, -0.05) is 12.1 Å². The molecule has 0 spiro atoms. The Balaban J connectivity index is 2.90. The van der Waals surface area contributed by atoms with E-state index in [1.165, 1.54) is 19.2 Å². The van der Waals surface area contributed by atoms with Crippen molar-refractivity contribution < 1.29 is 22.7 Å². The summed E-state index contributed by atoms with van der Waals surface area (Å²) in [4.78, 5) is 15.3. The minimum atomic E-state index is -4.42. The van der Waals surface area contributed by atoms with Crippen LogP contribution >= 0.6 is 12.2 Å². The number of nitrogens with zero attached hydrogens (tertiary/aromatic N) is 1. The second-order valence-corrected chi connectivity index (χ2v) is 4.55. The first-order valence-corrected chi connectivity index (χ1v) is 6.54. The first kappa shape index (κ1) is 17.5. The molecule has 0 aromatic heterocycles. The van der Waals surface area contributed by atoms with Crippen LogP contribution in [0.15, 0.2) is 29.3 Å². The molecule has 1 aromatic carbocycles. The highest BCUT2D eigenvalue weighted by atomic mass is 32.1. The number of halogens is 3. The van der Waals surface area contributed by atoms with Crippen LogP contribution in [0, 0.1) is 0 Å². The van der Waals surface area contributed by atoms with Crippen LogP contribution in [0.25, 0.3) is 0 Å². The maximum atomic E-state index is 12.7. The number of methoxy groups -OCH3 is 1. The maximum absolute atomic E-state index is 12.7. The Morgan fingerprint density at radius 1 is 1.48 bits per heavy atom. The van der Waals surface area contributed by atoms with Crippen molar-refractivity contribution in [3.05, 3.63) is 35.4 Å². The summed E-state index contributed by atoms with van der Waals surface area (Å²) in [5.41, 5.74) is -0.403. The van der Waals surface area contributed by atoms with Crippen molar-refractivity contribution in [1.82, 2.24) is 0 Å². The van der Waals surface area contributed by atoms with Crippen LogP contribution in [-0.4, -0.2) is 24.7 Å². The standard InChI is InChI=1S/C14H14F3NO2S/c1-20-8-12(19)5-6-13(18-9-21)10-3-2-4-11(7-10)14(15,16)17/h2-4,7,13H,5-6,8H2,1H3/t13-/m0/s1. The molecule has 1 rings (SSSR count). The van der Waals surface area contributed by atoms with Gasteiger partial charge in [-0.3, -0.25) is 4.79 Å². The van der Waals surface area contributed by atoms with Gasteiger partial charge in [-0.2, -0.15) is 13.2 Å². The summed E-state index contributed by atoms with van der Waals surface area (Å²) in [6, 6.07) is 4.21. The Morgan fingerprint density at radius 2 is 2.19 bits per heavy atom. The van der Waals surface area contributed by atoms with E-state index < -0.39 is 17.8 Å². The number of Topliss-reactive ketones (excluding diaryl/α,β-unsaturated/α-hetero) is 1. The van der Waals surface area contributed by atoms with Crippen LogP contribution in [0.4, 0.5) is 13.2 Å². The van der Waals surface area contributed by atoms with Crippen molar-refractivity contribution in [1.29, 1.82) is 0 Å². The lowest BCUT2D eigenvalue weighted by Crippen LogP contribution is -2.09. The van der Waals surface area contributed by atoms with E-state index in [-0.39, 0.29) is 25.2 Å². The van der Waals surface area contributed by atoms with Gasteiger partial charge in [0, 0.05) is 13.5 Å². The van der Waals surface area contributed by atoms with Crippen molar-refractivity contribution in [2.75, 3.05) is 13.7 Å². The molecule has 114 valence electrons. The third kappa shape index (κ3) is 5.75. The van der Waals surface area contributed by atoms with Gasteiger partial charge in [-0.05, 0) is 36.3 Å². The molecule has 21 heavy (non-hydrogen) atoms. The van der Waals surface area contributed by atoms with Crippen LogP contribution in [-0.2, 0) is 15.7 Å². The second kappa shape index (κ2) is 8.02. The average molecular weight is 317 g/mol. The van der Waals surface area contributed by atoms with Crippen molar-refractivity contribution in [2.24, 2.45) is 4.99 Å². The SMILES string of the molecule is COCC(=O)CC[C@H](N=C=S)c1cccc(C(F)(F)F)c1. The van der Waals surface area contributed by atoms with E-state index in [2.05, 4.69) is 22.4 Å². The summed E-state index contributed by atoms with van der Waals surface area (Å²) < 4.78 is 42.8. The molecule has 0 heterocycles. The van der Waals surface area contributed by atoms with Crippen LogP contribution in [0.3, 0.4) is 0 Å². The Bertz CT molecular complexity index is 539. The fourth-order valence-electron chi connectivity index (χ4n) is 1.82. The van der Waals surface area contributed by atoms with Gasteiger partial charge in [-0.25, -0.2) is 4.99 Å². The zero-order chi connectivity index (χ0) is 15.9. The van der Waals surface area contributed by atoms with E-state index in [1.807, 2.05) is 0 Å². The Morgan fingerprint density at radius 3 is 2.76 bits per heavy atom. The molecule has 0 fully saturated rings. The van der Waals surface area contributed by atoms with Gasteiger partial charge in [0.15, 0.2) is 5.78 Å². The number of alkyl halides is 3. The van der Waals surface area contributed by atoms with Crippen LogP contribution in [0.5, 0.6) is 0 Å². The molecular weight excluding hydrogens is 303 g/mol. The Hall–Kier alpha value is -1.56. The third-order valence-corrected chi connectivity index (χ3v) is 2.91. The van der Waals surface area contributed by atoms with E-state index in [0.29, 0.717) is 5.56 Å². The quantitative estimate of drug-likeness (QED) is 0.566. The van der Waals surface area contributed by atoms with E-state index in [4.69, 9.17) is 4.74 Å². The molecule has 0 aliphatic carbocycles. The summed E-state index contributed by atoms with van der Waals surface area (Å²) in [6.07, 6.45) is -4.02. The zero-order valence-corrected chi connectivity index (χ0v) is 12.1. The number of benzene rings is 1. The number of ketones is 1. The maximum Gasteiger partial charge on any atom is 0.416 e. The van der Waals surface area contributed by atoms with E-state index >= 15 is 0 Å². The van der Waals surface area contributed by atoms with Crippen LogP contribution in [0.2, 0.25) is 0 Å². The van der Waals surface area contributed by atoms with Crippen molar-refractivity contribution in [3.63, 3.8) is 0 Å². The lowest BCUT2D eigenvalue weighted by Gasteiger charge is -2.13. The molecule has 1 aromatic rings. The molecular formula is C14H14F3NO2S. The fourth-order valence-corrected chi connectivity index (χ4v) is 1.95. The largest absolute Gasteiger partial charge is 0.416 e. The number of hydrogen-bond acceptors (Lipinski definition) is 4. The summed E-state index contributed by atoms with van der Waals surface area (Å²) >= 11 is 4.52. The molecule has 0 saturated heterocycles. The minimum absolute atomic E-state index is 0.0311. The fraction of sp³-hybridized carbons (Fsp3) is 0.429. The number of ether oxygens (including phenoxy) is 1. The second-order valence-electron chi connectivity index (χ2n) is 4.37. The van der Waals surface area contributed by atoms with E-state index in [9.17, 15) is 18.0 Å². The molecule has 0 unspecified atom stereocenters. The number of hydrogen-bond donors (Lipinski definition) is 0. The number of aliphatic imine (C=N–C) groups is 1. The highest BCUT2D eigenvalue weighted by molar-refractivity contribution is 7.78. The first-order valence-electron chi connectivity index (χ1n) is 6.13.